The second-order valence-corrected chi connectivity index (χ2v) is 4.51. The molecule has 0 saturated carbocycles. The third-order valence-electron chi connectivity index (χ3n) is 1.15. The van der Waals surface area contributed by atoms with E-state index in [4.69, 9.17) is 23.2 Å². The first-order chi connectivity index (χ1) is 5.52. The van der Waals surface area contributed by atoms with Crippen molar-refractivity contribution in [3.05, 3.63) is 26.7 Å². The van der Waals surface area contributed by atoms with Gasteiger partial charge in [-0.15, -0.1) is 0 Å². The summed E-state index contributed by atoms with van der Waals surface area (Å²) in [5.74, 6) is 0. The van der Waals surface area contributed by atoms with Crippen molar-refractivity contribution < 1.29 is 38.3 Å². The van der Waals surface area contributed by atoms with Crippen molar-refractivity contribution in [2.75, 3.05) is 0 Å². The Balaban J connectivity index is 0.00000144. The topological polar surface area (TPSA) is 40.1 Å². The summed E-state index contributed by atoms with van der Waals surface area (Å²) < 4.78 is 21.5. The maximum Gasteiger partial charge on any atom is 1.00 e. The van der Waals surface area contributed by atoms with E-state index in [0.717, 1.165) is 0 Å². The molecule has 7 heteroatoms. The third-order valence-corrected chi connectivity index (χ3v) is 3.49. The monoisotopic (exact) mass is 310 g/mol. The maximum absolute atomic E-state index is 10.6. The number of rotatable bonds is 1. The molecule has 0 fully saturated rings. The molecule has 0 N–H and O–H groups in total. The van der Waals surface area contributed by atoms with Gasteiger partial charge >= 0.3 is 29.6 Å². The summed E-state index contributed by atoms with van der Waals surface area (Å²) in [6.45, 7) is 0. The molecule has 66 valence electrons. The zero-order valence-corrected chi connectivity index (χ0v) is 12.4. The van der Waals surface area contributed by atoms with Crippen LogP contribution < -0.4 is 29.6 Å². The second-order valence-electron chi connectivity index (χ2n) is 1.93. The minimum Gasteiger partial charge on any atom is -0.768 e. The number of hydrogen-bond donors (Lipinski definition) is 0. The van der Waals surface area contributed by atoms with Crippen molar-refractivity contribution in [3.8, 4) is 0 Å². The van der Waals surface area contributed by atoms with Crippen molar-refractivity contribution in [1.29, 1.82) is 0 Å². The van der Waals surface area contributed by atoms with Crippen molar-refractivity contribution in [2.24, 2.45) is 0 Å². The molecule has 0 aliphatic rings. The van der Waals surface area contributed by atoms with Gasteiger partial charge in [0.25, 0.3) is 0 Å². The van der Waals surface area contributed by atoms with E-state index in [1.54, 1.807) is 0 Å². The zero-order valence-electron chi connectivity index (χ0n) is 6.51. The van der Waals surface area contributed by atoms with Crippen LogP contribution in [0.4, 0.5) is 0 Å². The Kier molecular flexibility index (Phi) is 6.73. The van der Waals surface area contributed by atoms with E-state index in [0.29, 0.717) is 9.50 Å². The van der Waals surface area contributed by atoms with Gasteiger partial charge in [-0.2, -0.15) is 0 Å². The summed E-state index contributed by atoms with van der Waals surface area (Å²) >= 11 is 12.0. The molecule has 0 bridgehead atoms. The number of hydrogen-bond acceptors (Lipinski definition) is 2. The van der Waals surface area contributed by atoms with E-state index < -0.39 is 11.1 Å². The molecule has 2 nitrogen and oxygen atoms in total. The quantitative estimate of drug-likeness (QED) is 0.416. The van der Waals surface area contributed by atoms with Crippen LogP contribution in [-0.2, 0) is 11.1 Å². The molecule has 1 unspecified atom stereocenters. The molecular weight excluding hydrogens is 310 g/mol. The fourth-order valence-corrected chi connectivity index (χ4v) is 2.33. The summed E-state index contributed by atoms with van der Waals surface area (Å²) in [6, 6.07) is 2.73. The average Bonchev–Trinajstić information content (AvgIpc) is 1.96. The van der Waals surface area contributed by atoms with E-state index in [1.165, 1.54) is 12.1 Å². The molecule has 1 aromatic rings. The molecule has 0 saturated heterocycles. The zero-order chi connectivity index (χ0) is 9.30. The van der Waals surface area contributed by atoms with E-state index in [2.05, 4.69) is 15.9 Å². The second kappa shape index (κ2) is 6.08. The summed E-state index contributed by atoms with van der Waals surface area (Å²) in [5, 5.41) is 0.539. The Morgan fingerprint density at radius 3 is 2.23 bits per heavy atom. The predicted octanol–water partition coefficient (Wildman–Crippen LogP) is -0.00210. The van der Waals surface area contributed by atoms with Crippen LogP contribution in [-0.4, -0.2) is 8.76 Å². The minimum absolute atomic E-state index is 0. The molecule has 0 radical (unpaired) electrons. The molecule has 1 aromatic carbocycles. The molecule has 0 aliphatic heterocycles. The standard InChI is InChI=1S/C6H3BrCl2O2S.Na/c7-3-1-4(8)5(9)2-6(3)12(10)11;/h1-2H,(H,10,11);/q;+1/p-1. The Hall–Kier alpha value is 1.39. The van der Waals surface area contributed by atoms with Crippen LogP contribution in [0.25, 0.3) is 0 Å². The van der Waals surface area contributed by atoms with Gasteiger partial charge in [-0.25, -0.2) is 0 Å². The molecular formula is C6H2BrCl2NaO2S. The molecule has 0 spiro atoms. The molecule has 0 heterocycles. The van der Waals surface area contributed by atoms with Gasteiger partial charge in [0.1, 0.15) is 0 Å². The molecule has 0 aromatic heterocycles. The van der Waals surface area contributed by atoms with E-state index in [1.807, 2.05) is 0 Å². The van der Waals surface area contributed by atoms with Gasteiger partial charge in [0.05, 0.1) is 10.0 Å². The van der Waals surface area contributed by atoms with Crippen LogP contribution in [0.3, 0.4) is 0 Å². The van der Waals surface area contributed by atoms with Gasteiger partial charge in [0.2, 0.25) is 0 Å². The molecule has 13 heavy (non-hydrogen) atoms. The summed E-state index contributed by atoms with van der Waals surface area (Å²) in [5.41, 5.74) is 0. The Labute approximate surface area is 119 Å². The normalized spacial score (nSPS) is 12.0. The van der Waals surface area contributed by atoms with E-state index in [-0.39, 0.29) is 39.5 Å². The minimum atomic E-state index is -2.30. The molecule has 1 rings (SSSR count). The Morgan fingerprint density at radius 1 is 1.31 bits per heavy atom. The third kappa shape index (κ3) is 3.80. The van der Waals surface area contributed by atoms with Gasteiger partial charge in [-0.1, -0.05) is 23.2 Å². The Bertz CT molecular complexity index is 348. The van der Waals surface area contributed by atoms with Gasteiger partial charge in [-0.05, 0) is 39.1 Å². The first-order valence-electron chi connectivity index (χ1n) is 2.76. The fourth-order valence-electron chi connectivity index (χ4n) is 0.632. The van der Waals surface area contributed by atoms with Crippen LogP contribution in [0.2, 0.25) is 10.0 Å². The molecule has 0 aliphatic carbocycles. The van der Waals surface area contributed by atoms with E-state index >= 15 is 0 Å². The summed E-state index contributed by atoms with van der Waals surface area (Å²) in [4.78, 5) is 0.101. The van der Waals surface area contributed by atoms with Crippen molar-refractivity contribution in [2.45, 2.75) is 4.90 Å². The summed E-state index contributed by atoms with van der Waals surface area (Å²) in [6.07, 6.45) is 0. The fraction of sp³-hybridized carbons (Fsp3) is 0. The van der Waals surface area contributed by atoms with Crippen LogP contribution in [0.5, 0.6) is 0 Å². The number of halogens is 3. The van der Waals surface area contributed by atoms with Crippen LogP contribution in [0.1, 0.15) is 0 Å². The maximum atomic E-state index is 10.6. The average molecular weight is 312 g/mol. The largest absolute Gasteiger partial charge is 1.00 e. The van der Waals surface area contributed by atoms with Gasteiger partial charge < -0.3 is 4.55 Å². The van der Waals surface area contributed by atoms with Crippen molar-refractivity contribution in [3.63, 3.8) is 0 Å². The predicted molar refractivity (Wildman–Crippen MR) is 51.3 cm³/mol. The molecule has 0 amide bonds. The first-order valence-corrected chi connectivity index (χ1v) is 5.38. The molecule has 1 atom stereocenters. The first kappa shape index (κ1) is 14.4. The van der Waals surface area contributed by atoms with Crippen LogP contribution in [0, 0.1) is 0 Å². The van der Waals surface area contributed by atoms with Crippen molar-refractivity contribution in [1.82, 2.24) is 0 Å². The van der Waals surface area contributed by atoms with Gasteiger partial charge in [0.15, 0.2) is 0 Å². The van der Waals surface area contributed by atoms with Gasteiger partial charge in [0, 0.05) is 9.37 Å². The van der Waals surface area contributed by atoms with Gasteiger partial charge in [-0.3, -0.25) is 4.21 Å². The smallest absolute Gasteiger partial charge is 0.768 e. The number of benzene rings is 1. The Morgan fingerprint density at radius 2 is 1.77 bits per heavy atom. The van der Waals surface area contributed by atoms with Crippen LogP contribution in [0.15, 0.2) is 21.5 Å². The summed E-state index contributed by atoms with van der Waals surface area (Å²) in [7, 11) is 0. The van der Waals surface area contributed by atoms with E-state index in [9.17, 15) is 8.76 Å². The van der Waals surface area contributed by atoms with Crippen LogP contribution >= 0.6 is 39.1 Å². The van der Waals surface area contributed by atoms with Crippen molar-refractivity contribution >= 4 is 50.2 Å². The SMILES string of the molecule is O=S([O-])c1cc(Cl)c(Cl)cc1Br.[Na+].